The second-order valence-corrected chi connectivity index (χ2v) is 10.3. The smallest absolute Gasteiger partial charge is 0.332 e. The van der Waals surface area contributed by atoms with E-state index in [2.05, 4.69) is 20.2 Å². The minimum atomic E-state index is -0.435. The van der Waals surface area contributed by atoms with Gasteiger partial charge in [0.2, 0.25) is 0 Å². The van der Waals surface area contributed by atoms with Gasteiger partial charge in [-0.1, -0.05) is 0 Å². The molecule has 0 atom stereocenters. The molecule has 0 bridgehead atoms. The van der Waals surface area contributed by atoms with Gasteiger partial charge in [0.25, 0.3) is 0 Å². The topological polar surface area (TPSA) is 153 Å². The van der Waals surface area contributed by atoms with Gasteiger partial charge in [-0.3, -0.25) is 0 Å². The molecule has 1 N–H and O–H groups in total. The molecule has 0 aliphatic carbocycles. The van der Waals surface area contributed by atoms with E-state index in [9.17, 15) is 14.7 Å². The van der Waals surface area contributed by atoms with Crippen LogP contribution < -0.4 is 4.74 Å². The van der Waals surface area contributed by atoms with Crippen LogP contribution >= 0.6 is 0 Å². The van der Waals surface area contributed by atoms with Crippen LogP contribution in [0.4, 0.5) is 0 Å². The summed E-state index contributed by atoms with van der Waals surface area (Å²) in [5.74, 6) is 0.985. The van der Waals surface area contributed by atoms with E-state index in [4.69, 9.17) is 18.9 Å². The van der Waals surface area contributed by atoms with Gasteiger partial charge in [0, 0.05) is 42.8 Å². The summed E-state index contributed by atoms with van der Waals surface area (Å²) < 4.78 is 23.2. The largest absolute Gasteiger partial charge is 0.508 e. The number of aromatic nitrogens is 6. The second kappa shape index (κ2) is 16.5. The van der Waals surface area contributed by atoms with Gasteiger partial charge in [0.1, 0.15) is 24.2 Å². The zero-order valence-corrected chi connectivity index (χ0v) is 26.4. The highest BCUT2D eigenvalue weighted by Gasteiger charge is 2.08. The second-order valence-electron chi connectivity index (χ2n) is 10.3. The number of ether oxygens (including phenoxy) is 4. The summed E-state index contributed by atoms with van der Waals surface area (Å²) in [5, 5.41) is 18.1. The summed E-state index contributed by atoms with van der Waals surface area (Å²) in [6.45, 7) is 11.2. The Kier molecular flexibility index (Phi) is 12.6. The maximum absolute atomic E-state index is 11.5. The molecule has 13 nitrogen and oxygen atoms in total. The molecule has 2 heterocycles. The van der Waals surface area contributed by atoms with E-state index >= 15 is 0 Å². The zero-order valence-electron chi connectivity index (χ0n) is 26.4. The Labute approximate surface area is 261 Å². The molecule has 0 fully saturated rings. The monoisotopic (exact) mass is 618 g/mol. The number of phenols is 1. The van der Waals surface area contributed by atoms with Gasteiger partial charge < -0.3 is 24.1 Å². The highest BCUT2D eigenvalue weighted by Crippen LogP contribution is 2.24. The Hall–Kier alpha value is -5.30. The molecule has 4 aromatic rings. The molecule has 0 saturated carbocycles. The van der Waals surface area contributed by atoms with Crippen molar-refractivity contribution in [3.05, 3.63) is 72.3 Å². The molecule has 0 spiro atoms. The van der Waals surface area contributed by atoms with Gasteiger partial charge in [-0.2, -0.15) is 0 Å². The minimum Gasteiger partial charge on any atom is -0.508 e. The quantitative estimate of drug-likeness (QED) is 0.137. The Morgan fingerprint density at radius 1 is 0.778 bits per heavy atom. The highest BCUT2D eigenvalue weighted by molar-refractivity contribution is 5.85. The maximum Gasteiger partial charge on any atom is 0.332 e. The fourth-order valence-electron chi connectivity index (χ4n) is 3.75. The number of carbonyl (C=O) groups excluding carboxylic acids is 2. The molecule has 45 heavy (non-hydrogen) atoms. The summed E-state index contributed by atoms with van der Waals surface area (Å²) in [7, 11) is 1.57. The number of benzene rings is 2. The molecule has 0 amide bonds. The number of rotatable bonds is 11. The molecule has 0 aliphatic rings. The molecular weight excluding hydrogens is 580 g/mol. The molecule has 4 rings (SSSR count). The Balaban J connectivity index is 0.000000248. The fourth-order valence-corrected chi connectivity index (χ4v) is 3.75. The lowest BCUT2D eigenvalue weighted by atomic mass is 10.1. The highest BCUT2D eigenvalue weighted by atomic mass is 16.7. The van der Waals surface area contributed by atoms with E-state index in [1.807, 2.05) is 38.1 Å². The molecule has 2 aromatic carbocycles. The number of methoxy groups -OCH3 is 1. The van der Waals surface area contributed by atoms with Gasteiger partial charge in [0.15, 0.2) is 18.4 Å². The number of hydrogen-bond acceptors (Lipinski definition) is 11. The van der Waals surface area contributed by atoms with Crippen LogP contribution in [-0.2, 0) is 23.8 Å². The standard InChI is InChI=1S/C17H21N3O4.C15H17N3O3/c1-12(2)24-16(21)5-6-20-10-18-17(19-20)14-7-13(3)8-15(9-14)23-11-22-4;1-10(2)21-14(20)4-5-18-9-16-15(17-18)12-6-11(3)7-13(19)8-12/h5-10,12H,11H2,1-4H3;4-10,19H,1-3H3/b6-5-;5-4-. The summed E-state index contributed by atoms with van der Waals surface area (Å²) in [4.78, 5) is 31.3. The maximum atomic E-state index is 11.5. The van der Waals surface area contributed by atoms with Crippen LogP contribution in [0.5, 0.6) is 11.5 Å². The first-order chi connectivity index (χ1) is 21.4. The van der Waals surface area contributed by atoms with Crippen LogP contribution in [0, 0.1) is 13.8 Å². The average molecular weight is 619 g/mol. The van der Waals surface area contributed by atoms with Gasteiger partial charge in [-0.15, -0.1) is 10.2 Å². The lowest BCUT2D eigenvalue weighted by Crippen LogP contribution is -2.08. The summed E-state index contributed by atoms with van der Waals surface area (Å²) in [5.41, 5.74) is 3.46. The molecule has 0 saturated heterocycles. The van der Waals surface area contributed by atoms with Crippen molar-refractivity contribution in [3.63, 3.8) is 0 Å². The van der Waals surface area contributed by atoms with Crippen LogP contribution in [0.15, 0.2) is 61.2 Å². The van der Waals surface area contributed by atoms with Crippen molar-refractivity contribution >= 4 is 24.3 Å². The van der Waals surface area contributed by atoms with E-state index < -0.39 is 11.9 Å². The predicted octanol–water partition coefficient (Wildman–Crippen LogP) is 5.04. The van der Waals surface area contributed by atoms with Crippen LogP contribution in [0.1, 0.15) is 38.8 Å². The van der Waals surface area contributed by atoms with Crippen molar-refractivity contribution in [1.82, 2.24) is 29.5 Å². The molecule has 238 valence electrons. The first-order valence-electron chi connectivity index (χ1n) is 14.1. The normalized spacial score (nSPS) is 11.2. The van der Waals surface area contributed by atoms with Crippen molar-refractivity contribution in [2.75, 3.05) is 13.9 Å². The zero-order chi connectivity index (χ0) is 32.9. The first-order valence-corrected chi connectivity index (χ1v) is 14.1. The molecule has 0 aliphatic heterocycles. The van der Waals surface area contributed by atoms with E-state index in [1.54, 1.807) is 46.9 Å². The van der Waals surface area contributed by atoms with Crippen LogP contribution in [0.3, 0.4) is 0 Å². The number of carbonyl (C=O) groups is 2. The third-order valence-corrected chi connectivity index (χ3v) is 5.42. The fraction of sp³-hybridized carbons (Fsp3) is 0.312. The van der Waals surface area contributed by atoms with Crippen LogP contribution in [-0.4, -0.2) is 72.7 Å². The Bertz CT molecular complexity index is 1620. The molecule has 13 heteroatoms. The Morgan fingerprint density at radius 2 is 1.27 bits per heavy atom. The third-order valence-electron chi connectivity index (χ3n) is 5.42. The average Bonchev–Trinajstić information content (AvgIpc) is 3.63. The SMILES string of the molecule is COCOc1cc(C)cc(-c2ncn(/C=C\C(=O)OC(C)C)n2)c1.Cc1cc(O)cc(-c2ncn(/C=C\C(=O)OC(C)C)n2)c1. The summed E-state index contributed by atoms with van der Waals surface area (Å²) in [6.07, 6.45) is 8.24. The number of hydrogen-bond donors (Lipinski definition) is 1. The minimum absolute atomic E-state index is 0.161. The van der Waals surface area contributed by atoms with Crippen LogP contribution in [0.2, 0.25) is 0 Å². The molecule has 0 radical (unpaired) electrons. The van der Waals surface area contributed by atoms with Gasteiger partial charge >= 0.3 is 11.9 Å². The first kappa shape index (κ1) is 34.2. The molecule has 2 aromatic heterocycles. The van der Waals surface area contributed by atoms with Crippen molar-refractivity contribution in [3.8, 4) is 34.3 Å². The van der Waals surface area contributed by atoms with Crippen molar-refractivity contribution < 1.29 is 33.6 Å². The van der Waals surface area contributed by atoms with Gasteiger partial charge in [0.05, 0.1) is 12.2 Å². The Morgan fingerprint density at radius 3 is 1.73 bits per heavy atom. The van der Waals surface area contributed by atoms with E-state index in [0.717, 1.165) is 16.7 Å². The third kappa shape index (κ3) is 11.7. The number of phenolic OH excluding ortho intramolecular Hbond substituents is 1. The lowest BCUT2D eigenvalue weighted by molar-refractivity contribution is -0.142. The molecule has 0 unspecified atom stereocenters. The lowest BCUT2D eigenvalue weighted by Gasteiger charge is -2.07. The number of aromatic hydroxyl groups is 1. The summed E-state index contributed by atoms with van der Waals surface area (Å²) in [6, 6.07) is 10.8. The van der Waals surface area contributed by atoms with Crippen molar-refractivity contribution in [1.29, 1.82) is 0 Å². The van der Waals surface area contributed by atoms with E-state index in [1.165, 1.54) is 46.6 Å². The van der Waals surface area contributed by atoms with Crippen molar-refractivity contribution in [2.45, 2.75) is 53.8 Å². The van der Waals surface area contributed by atoms with E-state index in [0.29, 0.717) is 23.0 Å². The van der Waals surface area contributed by atoms with Crippen LogP contribution in [0.25, 0.3) is 35.2 Å². The number of nitrogens with zero attached hydrogens (tertiary/aromatic N) is 6. The number of aryl methyl sites for hydroxylation is 2. The van der Waals surface area contributed by atoms with Gasteiger partial charge in [-0.25, -0.2) is 28.9 Å². The molecular formula is C32H38N6O7. The predicted molar refractivity (Wildman–Crippen MR) is 168 cm³/mol. The number of esters is 2. The summed E-state index contributed by atoms with van der Waals surface area (Å²) >= 11 is 0. The van der Waals surface area contributed by atoms with Crippen molar-refractivity contribution in [2.24, 2.45) is 0 Å². The van der Waals surface area contributed by atoms with E-state index in [-0.39, 0.29) is 24.8 Å². The van der Waals surface area contributed by atoms with Gasteiger partial charge in [-0.05, 0) is 89.1 Å².